The van der Waals surface area contributed by atoms with Crippen molar-refractivity contribution in [3.63, 3.8) is 0 Å². The van der Waals surface area contributed by atoms with Crippen molar-refractivity contribution >= 4 is 21.9 Å². The van der Waals surface area contributed by atoms with Crippen molar-refractivity contribution in [3.8, 4) is 0 Å². The first kappa shape index (κ1) is 23.0. The predicted molar refractivity (Wildman–Crippen MR) is 118 cm³/mol. The first-order valence-corrected chi connectivity index (χ1v) is 12.3. The van der Waals surface area contributed by atoms with Gasteiger partial charge in [-0.3, -0.25) is 4.79 Å². The van der Waals surface area contributed by atoms with Crippen LogP contribution in [0.5, 0.6) is 0 Å². The van der Waals surface area contributed by atoms with Crippen molar-refractivity contribution < 1.29 is 22.7 Å². The zero-order valence-corrected chi connectivity index (χ0v) is 18.4. The second-order valence-corrected chi connectivity index (χ2v) is 9.53. The third-order valence-corrected chi connectivity index (χ3v) is 5.92. The predicted octanol–water partition coefficient (Wildman–Crippen LogP) is 2.69. The number of nitrogens with one attached hydrogen (secondary N) is 1. The molecule has 0 saturated carbocycles. The minimum Gasteiger partial charge on any atom is -0.444 e. The van der Waals surface area contributed by atoms with E-state index in [1.165, 1.54) is 0 Å². The van der Waals surface area contributed by atoms with E-state index in [-0.39, 0.29) is 12.5 Å². The number of carbonyl (C=O) groups is 2. The van der Waals surface area contributed by atoms with Gasteiger partial charge >= 0.3 is 5.97 Å². The Hall–Kier alpha value is -2.71. The van der Waals surface area contributed by atoms with E-state index >= 15 is 0 Å². The number of sulfonamides is 1. The van der Waals surface area contributed by atoms with E-state index in [4.69, 9.17) is 4.74 Å². The van der Waals surface area contributed by atoms with Crippen LogP contribution in [0.25, 0.3) is 0 Å². The van der Waals surface area contributed by atoms with Crippen molar-refractivity contribution in [2.24, 2.45) is 0 Å². The number of carbonyl (C=O) groups excluding carboxylic acids is 2. The number of ether oxygens (including phenoxy) is 1. The summed E-state index contributed by atoms with van der Waals surface area (Å²) in [4.78, 5) is 27.7. The molecule has 31 heavy (non-hydrogen) atoms. The number of hydrogen-bond donors (Lipinski definition) is 1. The zero-order chi connectivity index (χ0) is 22.3. The molecule has 1 aliphatic rings. The van der Waals surface area contributed by atoms with Crippen LogP contribution in [-0.4, -0.2) is 51.1 Å². The Morgan fingerprint density at radius 2 is 1.65 bits per heavy atom. The van der Waals surface area contributed by atoms with E-state index in [0.29, 0.717) is 30.6 Å². The van der Waals surface area contributed by atoms with E-state index in [9.17, 15) is 18.0 Å². The lowest BCUT2D eigenvalue weighted by Crippen LogP contribution is -2.40. The fourth-order valence-corrected chi connectivity index (χ4v) is 4.01. The molecule has 1 saturated heterocycles. The standard InChI is InChI=1S/C23H28N2O5S/c1-31(28,29)24-15-14-18-10-12-20(13-11-18)23(27)30-21(19-8-4-2-5-9-19)22(26)25-16-6-3-7-17-25/h2,4-5,8-13,21,24H,3,6-7,14-17H2,1H3/t21-/m1/s1. The molecule has 1 atom stereocenters. The van der Waals surface area contributed by atoms with Crippen LogP contribution in [-0.2, 0) is 26.0 Å². The lowest BCUT2D eigenvalue weighted by molar-refractivity contribution is -0.142. The van der Waals surface area contributed by atoms with Gasteiger partial charge in [0.05, 0.1) is 11.8 Å². The van der Waals surface area contributed by atoms with Crippen molar-refractivity contribution in [2.45, 2.75) is 31.8 Å². The molecule has 166 valence electrons. The number of nitrogens with zero attached hydrogens (tertiary/aromatic N) is 1. The summed E-state index contributed by atoms with van der Waals surface area (Å²) in [5.74, 6) is -0.761. The molecular weight excluding hydrogens is 416 g/mol. The van der Waals surface area contributed by atoms with E-state index in [0.717, 1.165) is 31.1 Å². The molecule has 1 amide bonds. The molecule has 1 N–H and O–H groups in total. The summed E-state index contributed by atoms with van der Waals surface area (Å²) < 4.78 is 30.4. The molecule has 8 heteroatoms. The van der Waals surface area contributed by atoms with Gasteiger partial charge in [-0.1, -0.05) is 42.5 Å². The highest BCUT2D eigenvalue weighted by Gasteiger charge is 2.30. The summed E-state index contributed by atoms with van der Waals surface area (Å²) in [6.45, 7) is 1.63. The molecule has 0 unspecified atom stereocenters. The third-order valence-electron chi connectivity index (χ3n) is 5.19. The molecule has 1 heterocycles. The van der Waals surface area contributed by atoms with Crippen LogP contribution in [0.4, 0.5) is 0 Å². The van der Waals surface area contributed by atoms with E-state index < -0.39 is 22.1 Å². The Morgan fingerprint density at radius 1 is 1.00 bits per heavy atom. The first-order valence-electron chi connectivity index (χ1n) is 10.4. The lowest BCUT2D eigenvalue weighted by Gasteiger charge is -2.30. The van der Waals surface area contributed by atoms with Crippen LogP contribution in [0, 0.1) is 0 Å². The van der Waals surface area contributed by atoms with Gasteiger partial charge in [-0.05, 0) is 43.4 Å². The third kappa shape index (κ3) is 6.90. The highest BCUT2D eigenvalue weighted by molar-refractivity contribution is 7.88. The highest BCUT2D eigenvalue weighted by Crippen LogP contribution is 2.24. The topological polar surface area (TPSA) is 92.8 Å². The quantitative estimate of drug-likeness (QED) is 0.632. The van der Waals surface area contributed by atoms with Gasteiger partial charge in [0.15, 0.2) is 0 Å². The summed E-state index contributed by atoms with van der Waals surface area (Å²) in [7, 11) is -3.23. The molecule has 0 spiro atoms. The monoisotopic (exact) mass is 444 g/mol. The summed E-state index contributed by atoms with van der Waals surface area (Å²) >= 11 is 0. The normalized spacial score (nSPS) is 15.3. The van der Waals surface area contributed by atoms with E-state index in [1.807, 2.05) is 18.2 Å². The Bertz CT molecular complexity index is 984. The van der Waals surface area contributed by atoms with Crippen LogP contribution in [0.1, 0.15) is 46.9 Å². The van der Waals surface area contributed by atoms with Crippen LogP contribution >= 0.6 is 0 Å². The van der Waals surface area contributed by atoms with Crippen LogP contribution in [0.3, 0.4) is 0 Å². The highest BCUT2D eigenvalue weighted by atomic mass is 32.2. The molecule has 1 fully saturated rings. The smallest absolute Gasteiger partial charge is 0.339 e. The van der Waals surface area contributed by atoms with E-state index in [1.54, 1.807) is 41.3 Å². The van der Waals surface area contributed by atoms with Crippen molar-refractivity contribution in [1.29, 1.82) is 0 Å². The largest absolute Gasteiger partial charge is 0.444 e. The summed E-state index contributed by atoms with van der Waals surface area (Å²) in [5, 5.41) is 0. The second kappa shape index (κ2) is 10.5. The minimum atomic E-state index is -3.23. The molecule has 7 nitrogen and oxygen atoms in total. The number of likely N-dealkylation sites (tertiary alicyclic amines) is 1. The number of benzene rings is 2. The minimum absolute atomic E-state index is 0.192. The lowest BCUT2D eigenvalue weighted by atomic mass is 10.1. The number of rotatable bonds is 8. The zero-order valence-electron chi connectivity index (χ0n) is 17.6. The molecular formula is C23H28N2O5S. The Morgan fingerprint density at radius 3 is 2.26 bits per heavy atom. The van der Waals surface area contributed by atoms with Gasteiger partial charge in [0.2, 0.25) is 16.1 Å². The van der Waals surface area contributed by atoms with Gasteiger partial charge in [0.1, 0.15) is 0 Å². The van der Waals surface area contributed by atoms with Gasteiger partial charge in [-0.2, -0.15) is 0 Å². The molecule has 1 aliphatic heterocycles. The van der Waals surface area contributed by atoms with Gasteiger partial charge in [0.25, 0.3) is 5.91 Å². The van der Waals surface area contributed by atoms with E-state index in [2.05, 4.69) is 4.72 Å². The fourth-order valence-electron chi connectivity index (χ4n) is 3.53. The van der Waals surface area contributed by atoms with Crippen LogP contribution in [0.2, 0.25) is 0 Å². The summed E-state index contributed by atoms with van der Waals surface area (Å²) in [6, 6.07) is 15.8. The first-order chi connectivity index (χ1) is 14.8. The van der Waals surface area contributed by atoms with Crippen molar-refractivity contribution in [2.75, 3.05) is 25.9 Å². The van der Waals surface area contributed by atoms with Crippen molar-refractivity contribution in [1.82, 2.24) is 9.62 Å². The molecule has 0 radical (unpaired) electrons. The Labute approximate surface area is 183 Å². The maximum Gasteiger partial charge on any atom is 0.339 e. The average molecular weight is 445 g/mol. The van der Waals surface area contributed by atoms with Gasteiger partial charge in [0, 0.05) is 25.2 Å². The number of esters is 1. The maximum atomic E-state index is 13.1. The van der Waals surface area contributed by atoms with Crippen LogP contribution < -0.4 is 4.72 Å². The number of piperidine rings is 1. The summed E-state index contributed by atoms with van der Waals surface area (Å²) in [6.07, 6.45) is 3.65. The van der Waals surface area contributed by atoms with Crippen molar-refractivity contribution in [3.05, 3.63) is 71.3 Å². The molecule has 2 aromatic carbocycles. The number of amides is 1. The fraction of sp³-hybridized carbons (Fsp3) is 0.391. The Kier molecular flexibility index (Phi) is 7.81. The molecule has 2 aromatic rings. The SMILES string of the molecule is CS(=O)(=O)NCCc1ccc(C(=O)O[C@@H](C(=O)N2CCCCC2)c2ccccc2)cc1. The second-order valence-electron chi connectivity index (χ2n) is 7.70. The molecule has 0 aromatic heterocycles. The van der Waals surface area contributed by atoms with Gasteiger partial charge in [-0.25, -0.2) is 17.9 Å². The average Bonchev–Trinajstić information content (AvgIpc) is 2.77. The van der Waals surface area contributed by atoms with Gasteiger partial charge in [-0.15, -0.1) is 0 Å². The number of hydrogen-bond acceptors (Lipinski definition) is 5. The molecule has 0 aliphatic carbocycles. The maximum absolute atomic E-state index is 13.1. The molecule has 3 rings (SSSR count). The molecule has 0 bridgehead atoms. The summed E-state index contributed by atoms with van der Waals surface area (Å²) in [5.41, 5.74) is 1.87. The van der Waals surface area contributed by atoms with Crippen LogP contribution in [0.15, 0.2) is 54.6 Å². The Balaban J connectivity index is 1.69. The van der Waals surface area contributed by atoms with Gasteiger partial charge < -0.3 is 9.64 Å².